The van der Waals surface area contributed by atoms with Gasteiger partial charge in [-0.3, -0.25) is 4.79 Å². The Morgan fingerprint density at radius 2 is 1.85 bits per heavy atom. The number of hydrogen-bond acceptors (Lipinski definition) is 3. The van der Waals surface area contributed by atoms with E-state index in [1.54, 1.807) is 0 Å². The molecular weight excluding hydrogens is 340 g/mol. The molecule has 0 bridgehead atoms. The summed E-state index contributed by atoms with van der Waals surface area (Å²) < 4.78 is 5.17. The Bertz CT molecular complexity index is 650. The fourth-order valence-electron chi connectivity index (χ4n) is 4.51. The number of likely N-dealkylation sites (tertiary alicyclic amines) is 1. The smallest absolute Gasteiger partial charge is 0.318 e. The normalized spacial score (nSPS) is 21.7. The summed E-state index contributed by atoms with van der Waals surface area (Å²) in [6.45, 7) is 5.04. The van der Waals surface area contributed by atoms with Crippen molar-refractivity contribution in [3.63, 3.8) is 0 Å². The van der Waals surface area contributed by atoms with Crippen LogP contribution in [0.5, 0.6) is 0 Å². The molecule has 2 amide bonds. The number of nitrogens with zero attached hydrogens (tertiary/aromatic N) is 1. The average molecular weight is 373 g/mol. The Labute approximate surface area is 162 Å². The quantitative estimate of drug-likeness (QED) is 0.774. The van der Waals surface area contributed by atoms with Crippen molar-refractivity contribution < 1.29 is 14.3 Å². The summed E-state index contributed by atoms with van der Waals surface area (Å²) in [6.07, 6.45) is 7.22. The first-order valence-corrected chi connectivity index (χ1v) is 10.3. The SMILES string of the molecule is CCOC(=O)CC1(NC(=O)N2CCCC2c2ccc(C)cc2)CCCCC1. The lowest BCUT2D eigenvalue weighted by molar-refractivity contribution is -0.145. The van der Waals surface area contributed by atoms with Crippen molar-refractivity contribution in [2.45, 2.75) is 76.8 Å². The standard InChI is InChI=1S/C22H32N2O3/c1-3-27-20(25)16-22(13-5-4-6-14-22)23-21(26)24-15-7-8-19(24)18-11-9-17(2)10-12-18/h9-12,19H,3-8,13-16H2,1-2H3,(H,23,26). The van der Waals surface area contributed by atoms with Gasteiger partial charge in [-0.05, 0) is 45.1 Å². The summed E-state index contributed by atoms with van der Waals surface area (Å²) >= 11 is 0. The molecule has 1 atom stereocenters. The van der Waals surface area contributed by atoms with Gasteiger partial charge in [0, 0.05) is 6.54 Å². The highest BCUT2D eigenvalue weighted by molar-refractivity contribution is 5.78. The Morgan fingerprint density at radius 3 is 2.52 bits per heavy atom. The molecule has 148 valence electrons. The maximum Gasteiger partial charge on any atom is 0.318 e. The lowest BCUT2D eigenvalue weighted by Gasteiger charge is -2.39. The summed E-state index contributed by atoms with van der Waals surface area (Å²) in [5, 5.41) is 3.26. The van der Waals surface area contributed by atoms with Crippen LogP contribution in [0.25, 0.3) is 0 Å². The van der Waals surface area contributed by atoms with Crippen LogP contribution in [0, 0.1) is 6.92 Å². The van der Waals surface area contributed by atoms with Gasteiger partial charge in [0.15, 0.2) is 0 Å². The molecule has 1 unspecified atom stereocenters. The van der Waals surface area contributed by atoms with Crippen molar-refractivity contribution in [1.82, 2.24) is 10.2 Å². The molecule has 1 heterocycles. The molecule has 1 saturated heterocycles. The highest BCUT2D eigenvalue weighted by Gasteiger charge is 2.39. The van der Waals surface area contributed by atoms with Gasteiger partial charge >= 0.3 is 12.0 Å². The molecule has 27 heavy (non-hydrogen) atoms. The van der Waals surface area contributed by atoms with Gasteiger partial charge in [0.2, 0.25) is 0 Å². The van der Waals surface area contributed by atoms with E-state index in [-0.39, 0.29) is 24.5 Å². The monoisotopic (exact) mass is 372 g/mol. The fourth-order valence-corrected chi connectivity index (χ4v) is 4.51. The summed E-state index contributed by atoms with van der Waals surface area (Å²) in [4.78, 5) is 27.3. The number of urea groups is 1. The second kappa shape index (κ2) is 8.77. The third-order valence-electron chi connectivity index (χ3n) is 5.95. The first-order valence-electron chi connectivity index (χ1n) is 10.3. The third-order valence-corrected chi connectivity index (χ3v) is 5.95. The number of hydrogen-bond donors (Lipinski definition) is 1. The van der Waals surface area contributed by atoms with Crippen LogP contribution in [-0.2, 0) is 9.53 Å². The van der Waals surface area contributed by atoms with Gasteiger partial charge in [-0.1, -0.05) is 49.1 Å². The van der Waals surface area contributed by atoms with Crippen LogP contribution < -0.4 is 5.32 Å². The Kier molecular flexibility index (Phi) is 6.40. The number of rotatable bonds is 5. The van der Waals surface area contributed by atoms with Gasteiger partial charge in [-0.25, -0.2) is 4.79 Å². The Morgan fingerprint density at radius 1 is 1.15 bits per heavy atom. The first-order chi connectivity index (χ1) is 13.0. The van der Waals surface area contributed by atoms with Crippen LogP contribution in [0.1, 0.15) is 75.5 Å². The predicted octanol–water partition coefficient (Wildman–Crippen LogP) is 4.50. The number of carbonyl (C=O) groups is 2. The lowest BCUT2D eigenvalue weighted by Crippen LogP contribution is -2.55. The van der Waals surface area contributed by atoms with E-state index in [0.29, 0.717) is 6.61 Å². The number of ether oxygens (including phenoxy) is 1. The van der Waals surface area contributed by atoms with Crippen LogP contribution in [-0.4, -0.2) is 35.6 Å². The summed E-state index contributed by atoms with van der Waals surface area (Å²) in [7, 11) is 0. The molecule has 0 spiro atoms. The van der Waals surface area contributed by atoms with Crippen LogP contribution in [0.2, 0.25) is 0 Å². The Balaban J connectivity index is 1.72. The molecule has 1 aromatic carbocycles. The third kappa shape index (κ3) is 4.82. The first kappa shape index (κ1) is 19.7. The van der Waals surface area contributed by atoms with Crippen molar-refractivity contribution in [3.8, 4) is 0 Å². The molecule has 1 N–H and O–H groups in total. The minimum absolute atomic E-state index is 0.0377. The maximum absolute atomic E-state index is 13.2. The van der Waals surface area contributed by atoms with Crippen LogP contribution in [0.15, 0.2) is 24.3 Å². The van der Waals surface area contributed by atoms with Gasteiger partial charge in [0.25, 0.3) is 0 Å². The number of esters is 1. The molecule has 3 rings (SSSR count). The highest BCUT2D eigenvalue weighted by Crippen LogP contribution is 2.35. The van der Waals surface area contributed by atoms with Crippen LogP contribution >= 0.6 is 0 Å². The number of nitrogens with one attached hydrogen (secondary N) is 1. The van der Waals surface area contributed by atoms with Crippen molar-refractivity contribution in [2.75, 3.05) is 13.2 Å². The number of benzene rings is 1. The lowest BCUT2D eigenvalue weighted by atomic mass is 9.79. The predicted molar refractivity (Wildman–Crippen MR) is 105 cm³/mol. The van der Waals surface area contributed by atoms with Crippen molar-refractivity contribution in [3.05, 3.63) is 35.4 Å². The second-order valence-electron chi connectivity index (χ2n) is 8.02. The number of amides is 2. The maximum atomic E-state index is 13.2. The van der Waals surface area contributed by atoms with E-state index >= 15 is 0 Å². The molecule has 1 aromatic rings. The van der Waals surface area contributed by atoms with Crippen molar-refractivity contribution >= 4 is 12.0 Å². The molecular formula is C22H32N2O3. The second-order valence-corrected chi connectivity index (χ2v) is 8.02. The molecule has 2 fully saturated rings. The zero-order chi connectivity index (χ0) is 19.3. The fraction of sp³-hybridized carbons (Fsp3) is 0.636. The molecule has 0 radical (unpaired) electrons. The van der Waals surface area contributed by atoms with Crippen LogP contribution in [0.3, 0.4) is 0 Å². The molecule has 0 aromatic heterocycles. The zero-order valence-electron chi connectivity index (χ0n) is 16.6. The summed E-state index contributed by atoms with van der Waals surface area (Å²) in [5.41, 5.74) is 1.96. The van der Waals surface area contributed by atoms with Gasteiger partial charge in [-0.15, -0.1) is 0 Å². The largest absolute Gasteiger partial charge is 0.466 e. The minimum Gasteiger partial charge on any atom is -0.466 e. The molecule has 1 aliphatic carbocycles. The molecule has 2 aliphatic rings. The highest BCUT2D eigenvalue weighted by atomic mass is 16.5. The molecule has 1 aliphatic heterocycles. The van der Waals surface area contributed by atoms with Gasteiger partial charge in [0.1, 0.15) is 0 Å². The molecule has 1 saturated carbocycles. The molecule has 5 nitrogen and oxygen atoms in total. The van der Waals surface area contributed by atoms with E-state index in [2.05, 4.69) is 36.5 Å². The average Bonchev–Trinajstić information content (AvgIpc) is 3.13. The Hall–Kier alpha value is -2.04. The van der Waals surface area contributed by atoms with E-state index in [1.165, 1.54) is 11.1 Å². The number of aryl methyl sites for hydroxylation is 1. The van der Waals surface area contributed by atoms with Crippen molar-refractivity contribution in [1.29, 1.82) is 0 Å². The van der Waals surface area contributed by atoms with Gasteiger partial charge in [-0.2, -0.15) is 0 Å². The number of carbonyl (C=O) groups excluding carboxylic acids is 2. The summed E-state index contributed by atoms with van der Waals surface area (Å²) in [5.74, 6) is -0.212. The topological polar surface area (TPSA) is 58.6 Å². The minimum atomic E-state index is -0.456. The van der Waals surface area contributed by atoms with Gasteiger partial charge in [0.05, 0.1) is 24.6 Å². The van der Waals surface area contributed by atoms with E-state index < -0.39 is 5.54 Å². The van der Waals surface area contributed by atoms with Crippen molar-refractivity contribution in [2.24, 2.45) is 0 Å². The van der Waals surface area contributed by atoms with E-state index in [1.807, 2.05) is 11.8 Å². The van der Waals surface area contributed by atoms with E-state index in [4.69, 9.17) is 4.74 Å². The zero-order valence-corrected chi connectivity index (χ0v) is 16.6. The summed E-state index contributed by atoms with van der Waals surface area (Å²) in [6, 6.07) is 8.54. The van der Waals surface area contributed by atoms with E-state index in [0.717, 1.165) is 51.5 Å². The van der Waals surface area contributed by atoms with E-state index in [9.17, 15) is 9.59 Å². The van der Waals surface area contributed by atoms with Crippen LogP contribution in [0.4, 0.5) is 4.79 Å². The van der Waals surface area contributed by atoms with Gasteiger partial charge < -0.3 is 15.0 Å². The molecule has 5 heteroatoms.